The van der Waals surface area contributed by atoms with E-state index < -0.39 is 0 Å². The van der Waals surface area contributed by atoms with Crippen LogP contribution in [0.15, 0.2) is 109 Å². The van der Waals surface area contributed by atoms with Crippen LogP contribution in [-0.2, 0) is 0 Å². The normalized spacial score (nSPS) is 11.1. The van der Waals surface area contributed by atoms with Crippen molar-refractivity contribution < 1.29 is 0 Å². The minimum atomic E-state index is 0.197. The molecule has 1 heterocycles. The van der Waals surface area contributed by atoms with Gasteiger partial charge in [0.15, 0.2) is 0 Å². The van der Waals surface area contributed by atoms with Crippen molar-refractivity contribution in [2.75, 3.05) is 4.90 Å². The molecule has 0 N–H and O–H groups in total. The van der Waals surface area contributed by atoms with Gasteiger partial charge in [0.2, 0.25) is 0 Å². The van der Waals surface area contributed by atoms with Gasteiger partial charge in [-0.2, -0.15) is 0 Å². The Morgan fingerprint density at radius 3 is 1.20 bits per heavy atom. The molecule has 224 valence electrons. The van der Waals surface area contributed by atoms with Crippen LogP contribution in [0.1, 0.15) is 44.5 Å². The van der Waals surface area contributed by atoms with Crippen LogP contribution in [0.4, 0.5) is 17.1 Å². The zero-order chi connectivity index (χ0) is 31.8. The van der Waals surface area contributed by atoms with E-state index in [-0.39, 0.29) is 6.71 Å². The largest absolute Gasteiger partial charge is 0.311 e. The van der Waals surface area contributed by atoms with Gasteiger partial charge in [-0.15, -0.1) is 11.3 Å². The fourth-order valence-corrected chi connectivity index (χ4v) is 8.13. The molecule has 0 amide bonds. The highest BCUT2D eigenvalue weighted by atomic mass is 32.1. The summed E-state index contributed by atoms with van der Waals surface area (Å²) in [5, 5.41) is 0. The third-order valence-electron chi connectivity index (χ3n) is 8.96. The molecule has 0 saturated heterocycles. The summed E-state index contributed by atoms with van der Waals surface area (Å²) in [6, 6.07) is 40.7. The lowest BCUT2D eigenvalue weighted by Crippen LogP contribution is -2.54. The standard InChI is InChI=1S/C42H42BNS/c1-27-9-15-36(16-10-27)44(37-17-11-28(2)12-18-37)38-19-13-35(14-20-38)39-21-22-40(45-39)43(41-31(5)23-29(3)24-32(41)6)42-33(7)25-30(4)26-34(42)8/h9-26H,1-8H3. The van der Waals surface area contributed by atoms with Crippen LogP contribution in [0.3, 0.4) is 0 Å². The van der Waals surface area contributed by atoms with Crippen LogP contribution in [0, 0.1) is 55.4 Å². The molecule has 0 aliphatic rings. The highest BCUT2D eigenvalue weighted by molar-refractivity contribution is 7.29. The Balaban J connectivity index is 1.41. The Kier molecular flexibility index (Phi) is 8.57. The van der Waals surface area contributed by atoms with E-state index in [0.717, 1.165) is 17.1 Å². The van der Waals surface area contributed by atoms with E-state index in [1.165, 1.54) is 70.7 Å². The van der Waals surface area contributed by atoms with E-state index in [2.05, 4.69) is 169 Å². The molecule has 3 heteroatoms. The topological polar surface area (TPSA) is 3.24 Å². The van der Waals surface area contributed by atoms with Crippen molar-refractivity contribution in [3.63, 3.8) is 0 Å². The first-order chi connectivity index (χ1) is 21.6. The number of nitrogens with zero attached hydrogens (tertiary/aromatic N) is 1. The van der Waals surface area contributed by atoms with Gasteiger partial charge in [0.05, 0.1) is 0 Å². The maximum Gasteiger partial charge on any atom is 0.255 e. The highest BCUT2D eigenvalue weighted by Gasteiger charge is 2.30. The summed E-state index contributed by atoms with van der Waals surface area (Å²) in [7, 11) is 0. The zero-order valence-corrected chi connectivity index (χ0v) is 28.6. The minimum absolute atomic E-state index is 0.197. The number of benzene rings is 5. The van der Waals surface area contributed by atoms with Gasteiger partial charge in [-0.1, -0.05) is 122 Å². The molecule has 0 saturated carbocycles. The number of thiophene rings is 1. The first kappa shape index (κ1) is 30.7. The molecule has 0 bridgehead atoms. The first-order valence-electron chi connectivity index (χ1n) is 15.9. The molecular weight excluding hydrogens is 561 g/mol. The van der Waals surface area contributed by atoms with Gasteiger partial charge in [-0.05, 0) is 108 Å². The van der Waals surface area contributed by atoms with Crippen molar-refractivity contribution in [2.24, 2.45) is 0 Å². The Hall–Kier alpha value is -4.34. The molecule has 0 atom stereocenters. The van der Waals surface area contributed by atoms with Crippen molar-refractivity contribution in [1.82, 2.24) is 0 Å². The van der Waals surface area contributed by atoms with Crippen molar-refractivity contribution in [3.05, 3.63) is 154 Å². The summed E-state index contributed by atoms with van der Waals surface area (Å²) in [5.41, 5.74) is 18.2. The maximum absolute atomic E-state index is 2.36. The Morgan fingerprint density at radius 2 is 0.800 bits per heavy atom. The van der Waals surface area contributed by atoms with E-state index in [4.69, 9.17) is 0 Å². The molecule has 1 nitrogen and oxygen atoms in total. The van der Waals surface area contributed by atoms with Gasteiger partial charge in [0, 0.05) is 21.9 Å². The Morgan fingerprint density at radius 1 is 0.422 bits per heavy atom. The van der Waals surface area contributed by atoms with E-state index >= 15 is 0 Å². The van der Waals surface area contributed by atoms with Gasteiger partial charge in [0.25, 0.3) is 6.71 Å². The molecule has 45 heavy (non-hydrogen) atoms. The fraction of sp³-hybridized carbons (Fsp3) is 0.190. The second-order valence-corrected chi connectivity index (χ2v) is 13.9. The molecule has 6 aromatic rings. The summed E-state index contributed by atoms with van der Waals surface area (Å²) in [6.07, 6.45) is 0. The van der Waals surface area contributed by atoms with Crippen LogP contribution in [0.5, 0.6) is 0 Å². The number of hydrogen-bond donors (Lipinski definition) is 0. The van der Waals surface area contributed by atoms with Crippen molar-refractivity contribution >= 4 is 50.8 Å². The Bertz CT molecular complexity index is 1820. The summed E-state index contributed by atoms with van der Waals surface area (Å²) >= 11 is 1.92. The molecular formula is C42H42BNS. The average molecular weight is 604 g/mol. The van der Waals surface area contributed by atoms with Crippen LogP contribution in [0.25, 0.3) is 10.4 Å². The minimum Gasteiger partial charge on any atom is -0.311 e. The van der Waals surface area contributed by atoms with Crippen LogP contribution < -0.4 is 20.6 Å². The number of hydrogen-bond acceptors (Lipinski definition) is 2. The molecule has 0 fully saturated rings. The lowest BCUT2D eigenvalue weighted by Gasteiger charge is -2.26. The third kappa shape index (κ3) is 6.28. The summed E-state index contributed by atoms with van der Waals surface area (Å²) in [4.78, 5) is 3.63. The molecule has 5 aromatic carbocycles. The fourth-order valence-electron chi connectivity index (χ4n) is 6.99. The molecule has 0 radical (unpaired) electrons. The van der Waals surface area contributed by atoms with E-state index in [1.807, 2.05) is 11.3 Å². The lowest BCUT2D eigenvalue weighted by atomic mass is 9.37. The van der Waals surface area contributed by atoms with Crippen LogP contribution in [0.2, 0.25) is 0 Å². The summed E-state index contributed by atoms with van der Waals surface area (Å²) in [6.45, 7) is 18.0. The number of anilines is 3. The quantitative estimate of drug-likeness (QED) is 0.164. The second kappa shape index (κ2) is 12.6. The lowest BCUT2D eigenvalue weighted by molar-refractivity contribution is 1.27. The SMILES string of the molecule is Cc1ccc(N(c2ccc(C)cc2)c2ccc(-c3ccc(B(c4c(C)cc(C)cc4C)c4c(C)cc(C)cc4C)s3)cc2)cc1. The van der Waals surface area contributed by atoms with Gasteiger partial charge in [-0.3, -0.25) is 0 Å². The van der Waals surface area contributed by atoms with Crippen molar-refractivity contribution in [3.8, 4) is 10.4 Å². The summed E-state index contributed by atoms with van der Waals surface area (Å²) < 4.78 is 1.39. The molecule has 6 rings (SSSR count). The van der Waals surface area contributed by atoms with Crippen LogP contribution in [-0.4, -0.2) is 6.71 Å². The average Bonchev–Trinajstić information content (AvgIpc) is 3.48. The number of rotatable bonds is 7. The van der Waals surface area contributed by atoms with Gasteiger partial charge >= 0.3 is 0 Å². The zero-order valence-electron chi connectivity index (χ0n) is 27.8. The van der Waals surface area contributed by atoms with E-state index in [0.29, 0.717) is 0 Å². The molecule has 0 spiro atoms. The second-order valence-electron chi connectivity index (χ2n) is 12.8. The predicted molar refractivity (Wildman–Crippen MR) is 200 cm³/mol. The van der Waals surface area contributed by atoms with Crippen molar-refractivity contribution in [2.45, 2.75) is 55.4 Å². The van der Waals surface area contributed by atoms with Gasteiger partial charge < -0.3 is 4.90 Å². The molecule has 1 aromatic heterocycles. The first-order valence-corrected chi connectivity index (χ1v) is 16.7. The molecule has 0 unspecified atom stereocenters. The smallest absolute Gasteiger partial charge is 0.255 e. The Labute approximate surface area is 274 Å². The van der Waals surface area contributed by atoms with Crippen LogP contribution >= 0.6 is 11.3 Å². The van der Waals surface area contributed by atoms with Gasteiger partial charge in [-0.25, -0.2) is 0 Å². The monoisotopic (exact) mass is 603 g/mol. The van der Waals surface area contributed by atoms with Gasteiger partial charge in [0.1, 0.15) is 0 Å². The maximum atomic E-state index is 2.36. The molecule has 0 aliphatic carbocycles. The third-order valence-corrected chi connectivity index (χ3v) is 10.2. The van der Waals surface area contributed by atoms with E-state index in [1.54, 1.807) is 0 Å². The van der Waals surface area contributed by atoms with E-state index in [9.17, 15) is 0 Å². The van der Waals surface area contributed by atoms with Crippen molar-refractivity contribution in [1.29, 1.82) is 0 Å². The highest BCUT2D eigenvalue weighted by Crippen LogP contribution is 2.36. The molecule has 0 aliphatic heterocycles. The summed E-state index contributed by atoms with van der Waals surface area (Å²) in [5.74, 6) is 0. The number of aryl methyl sites for hydroxylation is 8. The predicted octanol–water partition coefficient (Wildman–Crippen LogP) is 9.87.